The molecule has 1 aliphatic rings. The van der Waals surface area contributed by atoms with Crippen molar-refractivity contribution >= 4 is 17.5 Å². The zero-order valence-corrected chi connectivity index (χ0v) is 18.0. The number of halogens is 2. The molecule has 1 aliphatic heterocycles. The smallest absolute Gasteiger partial charge is 0.253 e. The minimum atomic E-state index is -0.775. The summed E-state index contributed by atoms with van der Waals surface area (Å²) in [6, 6.07) is 10.2. The lowest BCUT2D eigenvalue weighted by Gasteiger charge is -2.35. The number of para-hydroxylation sites is 1. The van der Waals surface area contributed by atoms with Gasteiger partial charge < -0.3 is 15.5 Å². The summed E-state index contributed by atoms with van der Waals surface area (Å²) in [7, 11) is 0. The summed E-state index contributed by atoms with van der Waals surface area (Å²) >= 11 is 0. The second-order valence-corrected chi connectivity index (χ2v) is 8.13. The Morgan fingerprint density at radius 3 is 2.35 bits per heavy atom. The summed E-state index contributed by atoms with van der Waals surface area (Å²) in [6.07, 6.45) is 2.35. The van der Waals surface area contributed by atoms with Crippen LogP contribution in [-0.4, -0.2) is 37.5 Å². The number of anilines is 1. The first kappa shape index (κ1) is 22.7. The first-order valence-corrected chi connectivity index (χ1v) is 10.8. The third kappa shape index (κ3) is 6.03. The van der Waals surface area contributed by atoms with Crippen molar-refractivity contribution in [2.75, 3.05) is 24.5 Å². The molecular formula is C24H29F2N3O2. The van der Waals surface area contributed by atoms with Crippen LogP contribution in [0.5, 0.6) is 0 Å². The van der Waals surface area contributed by atoms with Crippen molar-refractivity contribution in [2.45, 2.75) is 39.2 Å². The Morgan fingerprint density at radius 2 is 1.71 bits per heavy atom. The molecule has 0 aromatic heterocycles. The van der Waals surface area contributed by atoms with Gasteiger partial charge in [0.1, 0.15) is 11.6 Å². The van der Waals surface area contributed by atoms with Crippen molar-refractivity contribution in [3.05, 3.63) is 65.2 Å². The van der Waals surface area contributed by atoms with Gasteiger partial charge in [0.25, 0.3) is 11.8 Å². The highest BCUT2D eigenvalue weighted by Gasteiger charge is 2.24. The number of benzene rings is 2. The van der Waals surface area contributed by atoms with E-state index in [1.165, 1.54) is 0 Å². The van der Waals surface area contributed by atoms with Crippen molar-refractivity contribution in [3.8, 4) is 0 Å². The minimum Gasteiger partial charge on any atom is -0.371 e. The molecule has 5 nitrogen and oxygen atoms in total. The molecule has 2 N–H and O–H groups in total. The molecule has 2 aromatic rings. The number of hydrogen-bond donors (Lipinski definition) is 2. The molecule has 1 fully saturated rings. The number of carbonyl (C=O) groups excluding carboxylic acids is 2. The molecule has 0 spiro atoms. The lowest BCUT2D eigenvalue weighted by molar-refractivity contribution is 0.0928. The Balaban J connectivity index is 1.59. The molecule has 1 atom stereocenters. The van der Waals surface area contributed by atoms with E-state index in [0.29, 0.717) is 44.0 Å². The first-order valence-electron chi connectivity index (χ1n) is 10.8. The quantitative estimate of drug-likeness (QED) is 0.696. The van der Waals surface area contributed by atoms with Crippen LogP contribution in [0.4, 0.5) is 14.5 Å². The normalized spacial score (nSPS) is 15.4. The number of hydrogen-bond acceptors (Lipinski definition) is 3. The van der Waals surface area contributed by atoms with E-state index in [0.717, 1.165) is 30.3 Å². The summed E-state index contributed by atoms with van der Waals surface area (Å²) in [5, 5.41) is 5.87. The van der Waals surface area contributed by atoms with Crippen molar-refractivity contribution in [3.63, 3.8) is 0 Å². The number of nitrogens with zero attached hydrogens (tertiary/aromatic N) is 1. The molecule has 3 rings (SSSR count). The summed E-state index contributed by atoms with van der Waals surface area (Å²) in [4.78, 5) is 27.2. The van der Waals surface area contributed by atoms with Gasteiger partial charge in [-0.2, -0.15) is 0 Å². The topological polar surface area (TPSA) is 61.4 Å². The number of nitrogens with one attached hydrogen (secondary N) is 2. The molecule has 1 saturated heterocycles. The standard InChI is InChI=1S/C24H29F2N3O2/c1-3-16(2)15-27-24(31)21-6-4-5-7-22(21)29-10-8-20(9-11-29)28-23(30)17-12-18(25)14-19(26)13-17/h4-7,12-14,16,20H,3,8-11,15H2,1-2H3,(H,27,31)(H,28,30)/t16-/m0/s1. The number of amides is 2. The third-order valence-electron chi connectivity index (χ3n) is 5.75. The molecule has 1 heterocycles. The summed E-state index contributed by atoms with van der Waals surface area (Å²) in [5.41, 5.74) is 1.49. The van der Waals surface area contributed by atoms with Crippen molar-refractivity contribution < 1.29 is 18.4 Å². The molecular weight excluding hydrogens is 400 g/mol. The van der Waals surface area contributed by atoms with Gasteiger partial charge in [0, 0.05) is 43.0 Å². The second kappa shape index (κ2) is 10.4. The number of carbonyl (C=O) groups is 2. The Hall–Kier alpha value is -2.96. The highest BCUT2D eigenvalue weighted by Crippen LogP contribution is 2.24. The predicted octanol–water partition coefficient (Wildman–Crippen LogP) is 4.14. The highest BCUT2D eigenvalue weighted by atomic mass is 19.1. The van der Waals surface area contributed by atoms with Crippen molar-refractivity contribution in [1.82, 2.24) is 10.6 Å². The summed E-state index contributed by atoms with van der Waals surface area (Å²) in [5.74, 6) is -1.70. The fourth-order valence-corrected chi connectivity index (χ4v) is 3.67. The van der Waals surface area contributed by atoms with Gasteiger partial charge in [-0.05, 0) is 43.0 Å². The van der Waals surface area contributed by atoms with E-state index in [2.05, 4.69) is 29.4 Å². The van der Waals surface area contributed by atoms with Crippen molar-refractivity contribution in [2.24, 2.45) is 5.92 Å². The Labute approximate surface area is 181 Å². The fourth-order valence-electron chi connectivity index (χ4n) is 3.67. The molecule has 7 heteroatoms. The van der Waals surface area contributed by atoms with Crippen LogP contribution in [0.15, 0.2) is 42.5 Å². The summed E-state index contributed by atoms with van der Waals surface area (Å²) in [6.45, 7) is 6.16. The molecule has 166 valence electrons. The largest absolute Gasteiger partial charge is 0.371 e. The maximum absolute atomic E-state index is 13.4. The van der Waals surface area contributed by atoms with E-state index < -0.39 is 17.5 Å². The Morgan fingerprint density at radius 1 is 1.06 bits per heavy atom. The fraction of sp³-hybridized carbons (Fsp3) is 0.417. The van der Waals surface area contributed by atoms with E-state index in [-0.39, 0.29) is 17.5 Å². The van der Waals surface area contributed by atoms with Gasteiger partial charge in [-0.25, -0.2) is 8.78 Å². The monoisotopic (exact) mass is 429 g/mol. The van der Waals surface area contributed by atoms with Gasteiger partial charge in [-0.1, -0.05) is 32.4 Å². The molecule has 2 amide bonds. The van der Waals surface area contributed by atoms with Gasteiger partial charge in [0.15, 0.2) is 0 Å². The molecule has 2 aromatic carbocycles. The van der Waals surface area contributed by atoms with Gasteiger partial charge in [0.2, 0.25) is 0 Å². The molecule has 0 radical (unpaired) electrons. The van der Waals surface area contributed by atoms with E-state index in [1.54, 1.807) is 0 Å². The number of piperidine rings is 1. The van der Waals surface area contributed by atoms with Crippen molar-refractivity contribution in [1.29, 1.82) is 0 Å². The van der Waals surface area contributed by atoms with Crippen LogP contribution in [0.3, 0.4) is 0 Å². The summed E-state index contributed by atoms with van der Waals surface area (Å²) < 4.78 is 26.7. The predicted molar refractivity (Wildman–Crippen MR) is 117 cm³/mol. The van der Waals surface area contributed by atoms with Gasteiger partial charge >= 0.3 is 0 Å². The average molecular weight is 430 g/mol. The lowest BCUT2D eigenvalue weighted by Crippen LogP contribution is -2.45. The Kier molecular flexibility index (Phi) is 7.60. The van der Waals surface area contributed by atoms with E-state index in [1.807, 2.05) is 24.3 Å². The van der Waals surface area contributed by atoms with Crippen LogP contribution in [0, 0.1) is 17.6 Å². The van der Waals surface area contributed by atoms with Crippen LogP contribution in [0.1, 0.15) is 53.8 Å². The van der Waals surface area contributed by atoms with Crippen LogP contribution in [0.25, 0.3) is 0 Å². The highest BCUT2D eigenvalue weighted by molar-refractivity contribution is 5.99. The van der Waals surface area contributed by atoms with Crippen LogP contribution < -0.4 is 15.5 Å². The zero-order chi connectivity index (χ0) is 22.4. The Bertz CT molecular complexity index is 907. The van der Waals surface area contributed by atoms with E-state index >= 15 is 0 Å². The molecule has 0 unspecified atom stereocenters. The maximum Gasteiger partial charge on any atom is 0.253 e. The molecule has 0 aliphatic carbocycles. The molecule has 0 bridgehead atoms. The van der Waals surface area contributed by atoms with Crippen LogP contribution in [0.2, 0.25) is 0 Å². The third-order valence-corrected chi connectivity index (χ3v) is 5.75. The van der Waals surface area contributed by atoms with Crippen LogP contribution >= 0.6 is 0 Å². The average Bonchev–Trinajstić information content (AvgIpc) is 2.77. The van der Waals surface area contributed by atoms with E-state index in [9.17, 15) is 18.4 Å². The lowest BCUT2D eigenvalue weighted by atomic mass is 10.0. The maximum atomic E-state index is 13.4. The second-order valence-electron chi connectivity index (χ2n) is 8.13. The first-order chi connectivity index (χ1) is 14.9. The molecule has 0 saturated carbocycles. The number of rotatable bonds is 7. The molecule has 31 heavy (non-hydrogen) atoms. The van der Waals surface area contributed by atoms with E-state index in [4.69, 9.17) is 0 Å². The minimum absolute atomic E-state index is 0.0248. The van der Waals surface area contributed by atoms with Crippen LogP contribution in [-0.2, 0) is 0 Å². The zero-order valence-electron chi connectivity index (χ0n) is 18.0. The van der Waals surface area contributed by atoms with Gasteiger partial charge in [-0.15, -0.1) is 0 Å². The van der Waals surface area contributed by atoms with Gasteiger partial charge in [-0.3, -0.25) is 9.59 Å². The van der Waals surface area contributed by atoms with Gasteiger partial charge in [0.05, 0.1) is 5.56 Å². The SMILES string of the molecule is CC[C@H](C)CNC(=O)c1ccccc1N1CCC(NC(=O)c2cc(F)cc(F)c2)CC1.